The van der Waals surface area contributed by atoms with Crippen molar-refractivity contribution in [2.75, 3.05) is 6.61 Å². The van der Waals surface area contributed by atoms with Gasteiger partial charge in [0.2, 0.25) is 0 Å². The van der Waals surface area contributed by atoms with E-state index in [1.165, 1.54) is 0 Å². The van der Waals surface area contributed by atoms with E-state index in [4.69, 9.17) is 16.2 Å². The summed E-state index contributed by atoms with van der Waals surface area (Å²) in [6.45, 7) is 0.430. The van der Waals surface area contributed by atoms with Crippen molar-refractivity contribution < 1.29 is 4.74 Å². The fraction of sp³-hybridized carbons (Fsp3) is 0.130. The number of H-pyrrole nitrogens is 4. The summed E-state index contributed by atoms with van der Waals surface area (Å²) in [6.07, 6.45) is 6.37. The molecule has 7 heteroatoms. The van der Waals surface area contributed by atoms with Crippen LogP contribution in [0.25, 0.3) is 24.0 Å². The Morgan fingerprint density at radius 2 is 1.27 bits per heavy atom. The van der Waals surface area contributed by atoms with Crippen molar-refractivity contribution >= 4 is 24.0 Å². The Bertz CT molecular complexity index is 1410. The Morgan fingerprint density at radius 1 is 0.667 bits per heavy atom. The van der Waals surface area contributed by atoms with E-state index in [0.717, 1.165) is 49.9 Å². The van der Waals surface area contributed by atoms with Crippen LogP contribution in [0.4, 0.5) is 0 Å². The summed E-state index contributed by atoms with van der Waals surface area (Å²) in [4.78, 5) is 13.7. The SMILES string of the molecule is NC(N)CCOC1=c2ccc([nH]2)=Cc2ccc([nH]2)C=c2ccc([nH]2)=Cc2ccc1[nH]2. The molecule has 1 aliphatic rings. The van der Waals surface area contributed by atoms with Gasteiger partial charge in [0.1, 0.15) is 0 Å². The van der Waals surface area contributed by atoms with Crippen LogP contribution < -0.4 is 32.9 Å². The molecule has 30 heavy (non-hydrogen) atoms. The second-order valence-electron chi connectivity index (χ2n) is 7.46. The minimum absolute atomic E-state index is 0.405. The Labute approximate surface area is 172 Å². The van der Waals surface area contributed by atoms with Crippen LogP contribution in [0.5, 0.6) is 0 Å². The van der Waals surface area contributed by atoms with Gasteiger partial charge in [-0.25, -0.2) is 0 Å². The van der Waals surface area contributed by atoms with Crippen LogP contribution in [0.3, 0.4) is 0 Å². The second-order valence-corrected chi connectivity index (χ2v) is 7.46. The molecule has 7 nitrogen and oxygen atoms in total. The predicted octanol–water partition coefficient (Wildman–Crippen LogP) is -0.394. The maximum atomic E-state index is 6.10. The zero-order valence-electron chi connectivity index (χ0n) is 16.4. The number of ether oxygens (including phenoxy) is 1. The maximum Gasteiger partial charge on any atom is 0.166 e. The van der Waals surface area contributed by atoms with Gasteiger partial charge in [-0.3, -0.25) is 0 Å². The number of fused-ring (bicyclic) bond motifs is 8. The van der Waals surface area contributed by atoms with Gasteiger partial charge in [-0.1, -0.05) is 0 Å². The van der Waals surface area contributed by atoms with Gasteiger partial charge >= 0.3 is 0 Å². The molecule has 0 saturated carbocycles. The number of nitrogens with one attached hydrogen (secondary N) is 4. The van der Waals surface area contributed by atoms with Gasteiger partial charge in [0.05, 0.1) is 23.8 Å². The van der Waals surface area contributed by atoms with E-state index in [2.05, 4.69) is 62.4 Å². The minimum Gasteiger partial charge on any atom is -0.489 e. The lowest BCUT2D eigenvalue weighted by Crippen LogP contribution is -2.31. The van der Waals surface area contributed by atoms with Crippen LogP contribution in [-0.4, -0.2) is 32.7 Å². The average molecular weight is 400 g/mol. The molecule has 0 amide bonds. The van der Waals surface area contributed by atoms with E-state index in [1.54, 1.807) is 0 Å². The highest BCUT2D eigenvalue weighted by atomic mass is 16.5. The predicted molar refractivity (Wildman–Crippen MR) is 118 cm³/mol. The monoisotopic (exact) mass is 400 g/mol. The van der Waals surface area contributed by atoms with E-state index < -0.39 is 6.17 Å². The Kier molecular flexibility index (Phi) is 4.66. The summed E-state index contributed by atoms with van der Waals surface area (Å²) in [6, 6.07) is 16.3. The highest BCUT2D eigenvalue weighted by Crippen LogP contribution is 2.13. The molecule has 152 valence electrons. The first kappa shape index (κ1) is 18.4. The van der Waals surface area contributed by atoms with Gasteiger partial charge in [-0.05, 0) is 66.8 Å². The Hall–Kier alpha value is -3.68. The number of hydrogen-bond acceptors (Lipinski definition) is 3. The Morgan fingerprint density at radius 3 is 1.97 bits per heavy atom. The molecule has 5 heterocycles. The van der Waals surface area contributed by atoms with E-state index in [1.807, 2.05) is 24.3 Å². The lowest BCUT2D eigenvalue weighted by atomic mass is 10.3. The van der Waals surface area contributed by atoms with Crippen molar-refractivity contribution in [1.29, 1.82) is 0 Å². The van der Waals surface area contributed by atoms with Crippen LogP contribution in [0.2, 0.25) is 0 Å². The van der Waals surface area contributed by atoms with Crippen molar-refractivity contribution in [3.8, 4) is 0 Å². The van der Waals surface area contributed by atoms with Crippen LogP contribution in [-0.2, 0) is 4.74 Å². The number of hydrogen-bond donors (Lipinski definition) is 6. The molecular formula is C23H24N6O. The summed E-state index contributed by atoms with van der Waals surface area (Å²) in [7, 11) is 0. The first-order valence-corrected chi connectivity index (χ1v) is 9.94. The normalized spacial score (nSPS) is 13.0. The molecule has 0 fully saturated rings. The lowest BCUT2D eigenvalue weighted by Gasteiger charge is -2.10. The standard InChI is InChI=1S/C23H24N6O/c24-22(25)9-10-30-23-20-7-5-18(28-20)12-16-3-1-14(26-16)11-15-2-4-17(27-15)13-19-6-8-21(23)29-19/h1-8,11-13,22,26-29H,9-10,24-25H2. The van der Waals surface area contributed by atoms with Crippen LogP contribution in [0.15, 0.2) is 48.5 Å². The molecule has 0 spiro atoms. The van der Waals surface area contributed by atoms with Crippen molar-refractivity contribution in [3.63, 3.8) is 0 Å². The summed E-state index contributed by atoms with van der Waals surface area (Å²) in [5, 5.41) is 3.90. The van der Waals surface area contributed by atoms with Crippen molar-refractivity contribution in [1.82, 2.24) is 19.9 Å². The highest BCUT2D eigenvalue weighted by Gasteiger charge is 2.09. The van der Waals surface area contributed by atoms with Gasteiger partial charge in [-0.2, -0.15) is 0 Å². The zero-order valence-corrected chi connectivity index (χ0v) is 16.4. The van der Waals surface area contributed by atoms with E-state index >= 15 is 0 Å². The van der Waals surface area contributed by atoms with Crippen molar-refractivity contribution in [2.24, 2.45) is 11.5 Å². The summed E-state index contributed by atoms with van der Waals surface area (Å²) < 4.78 is 6.10. The van der Waals surface area contributed by atoms with Crippen LogP contribution >= 0.6 is 0 Å². The second kappa shape index (κ2) is 7.62. The zero-order chi connectivity index (χ0) is 20.5. The smallest absolute Gasteiger partial charge is 0.166 e. The van der Waals surface area contributed by atoms with Crippen molar-refractivity contribution in [3.05, 3.63) is 92.7 Å². The number of nitrogens with two attached hydrogens (primary N) is 2. The minimum atomic E-state index is -0.405. The molecule has 8 N–H and O–H groups in total. The van der Waals surface area contributed by atoms with Gasteiger partial charge in [-0.15, -0.1) is 0 Å². The van der Waals surface area contributed by atoms with Gasteiger partial charge in [0.25, 0.3) is 0 Å². The number of rotatable bonds is 4. The van der Waals surface area contributed by atoms with Gasteiger partial charge in [0, 0.05) is 39.5 Å². The number of aromatic nitrogens is 4. The molecule has 0 aromatic carbocycles. The largest absolute Gasteiger partial charge is 0.489 e. The molecule has 0 saturated heterocycles. The average Bonchev–Trinajstić information content (AvgIpc) is 3.49. The maximum absolute atomic E-state index is 6.10. The van der Waals surface area contributed by atoms with Gasteiger partial charge < -0.3 is 36.1 Å². The van der Waals surface area contributed by atoms with Crippen LogP contribution in [0.1, 0.15) is 29.2 Å². The molecule has 0 unspecified atom stereocenters. The van der Waals surface area contributed by atoms with E-state index in [9.17, 15) is 0 Å². The Balaban J connectivity index is 1.69. The third kappa shape index (κ3) is 3.89. The first-order valence-electron chi connectivity index (χ1n) is 9.94. The molecule has 1 aliphatic heterocycles. The van der Waals surface area contributed by atoms with Crippen molar-refractivity contribution in [2.45, 2.75) is 12.6 Å². The molecule has 0 atom stereocenters. The van der Waals surface area contributed by atoms with Gasteiger partial charge in [0.15, 0.2) is 5.76 Å². The topological polar surface area (TPSA) is 124 Å². The summed E-state index contributed by atoms with van der Waals surface area (Å²) >= 11 is 0. The molecule has 4 aromatic rings. The van der Waals surface area contributed by atoms with Crippen LogP contribution in [0, 0.1) is 0 Å². The molecule has 8 bridgehead atoms. The molecule has 0 aliphatic carbocycles. The molecular weight excluding hydrogens is 376 g/mol. The molecule has 4 aromatic heterocycles. The lowest BCUT2D eigenvalue weighted by molar-refractivity contribution is 0.258. The molecule has 5 rings (SSSR count). The molecule has 0 radical (unpaired) electrons. The third-order valence-corrected chi connectivity index (χ3v) is 5.00. The third-order valence-electron chi connectivity index (χ3n) is 5.00. The quantitative estimate of drug-likeness (QED) is 0.261. The number of aromatic amines is 4. The highest BCUT2D eigenvalue weighted by molar-refractivity contribution is 5.59. The fourth-order valence-electron chi connectivity index (χ4n) is 3.55. The van der Waals surface area contributed by atoms with E-state index in [-0.39, 0.29) is 0 Å². The summed E-state index contributed by atoms with van der Waals surface area (Å²) in [5.41, 5.74) is 15.3. The first-order chi connectivity index (χ1) is 14.6. The fourth-order valence-corrected chi connectivity index (χ4v) is 3.55. The van der Waals surface area contributed by atoms with E-state index in [0.29, 0.717) is 13.0 Å². The summed E-state index contributed by atoms with van der Waals surface area (Å²) in [5.74, 6) is 0.731.